The van der Waals surface area contributed by atoms with E-state index in [0.717, 1.165) is 25.2 Å². The smallest absolute Gasteiger partial charge is 0.216 e. The summed E-state index contributed by atoms with van der Waals surface area (Å²) in [6.07, 6.45) is 4.91. The molecule has 1 aliphatic carbocycles. The number of nitrogens with one attached hydrogen (secondary N) is 1. The number of aromatic nitrogens is 4. The lowest BCUT2D eigenvalue weighted by molar-refractivity contribution is 0.397. The molecule has 4 rings (SSSR count). The number of ether oxygens (including phenoxy) is 1. The molecule has 1 N–H and O–H groups in total. The lowest BCUT2D eigenvalue weighted by atomic mass is 10.0. The van der Waals surface area contributed by atoms with Crippen molar-refractivity contribution in [2.24, 2.45) is 0 Å². The second-order valence-corrected chi connectivity index (χ2v) is 5.50. The third-order valence-electron chi connectivity index (χ3n) is 4.01. The summed E-state index contributed by atoms with van der Waals surface area (Å²) >= 11 is 0. The molecule has 2 aromatic rings. The van der Waals surface area contributed by atoms with E-state index in [9.17, 15) is 0 Å². The Morgan fingerprint density at radius 3 is 2.95 bits per heavy atom. The van der Waals surface area contributed by atoms with Crippen LogP contribution in [0.1, 0.15) is 35.7 Å². The molecule has 3 heterocycles. The summed E-state index contributed by atoms with van der Waals surface area (Å²) in [5, 5.41) is 3.42. The van der Waals surface area contributed by atoms with Crippen LogP contribution >= 0.6 is 0 Å². The highest BCUT2D eigenvalue weighted by molar-refractivity contribution is 5.52. The van der Waals surface area contributed by atoms with Gasteiger partial charge in [-0.15, -0.1) is 0 Å². The third kappa shape index (κ3) is 2.35. The normalized spacial score (nSPS) is 17.4. The monoisotopic (exact) mass is 283 g/mol. The molecule has 0 unspecified atom stereocenters. The first-order chi connectivity index (χ1) is 10.3. The van der Waals surface area contributed by atoms with E-state index in [2.05, 4.69) is 15.3 Å². The Morgan fingerprint density at radius 2 is 2.14 bits per heavy atom. The van der Waals surface area contributed by atoms with Gasteiger partial charge in [-0.05, 0) is 12.8 Å². The van der Waals surface area contributed by atoms with E-state index in [1.165, 1.54) is 36.1 Å². The van der Waals surface area contributed by atoms with Gasteiger partial charge in [-0.1, -0.05) is 0 Å². The second-order valence-electron chi connectivity index (χ2n) is 5.50. The quantitative estimate of drug-likeness (QED) is 0.919. The van der Waals surface area contributed by atoms with Crippen molar-refractivity contribution in [3.8, 4) is 17.4 Å². The molecule has 1 fully saturated rings. The van der Waals surface area contributed by atoms with Crippen LogP contribution in [0.3, 0.4) is 0 Å². The van der Waals surface area contributed by atoms with Crippen LogP contribution in [0.4, 0.5) is 0 Å². The van der Waals surface area contributed by atoms with Gasteiger partial charge in [0.2, 0.25) is 5.88 Å². The van der Waals surface area contributed by atoms with Gasteiger partial charge in [0.25, 0.3) is 0 Å². The van der Waals surface area contributed by atoms with Crippen LogP contribution in [0.5, 0.6) is 5.88 Å². The van der Waals surface area contributed by atoms with E-state index in [1.54, 1.807) is 13.2 Å². The van der Waals surface area contributed by atoms with Crippen LogP contribution in [-0.2, 0) is 13.0 Å². The number of fused-ring (bicyclic) bond motifs is 1. The number of rotatable bonds is 3. The van der Waals surface area contributed by atoms with Crippen LogP contribution in [0.25, 0.3) is 11.5 Å². The minimum Gasteiger partial charge on any atom is -0.481 e. The fraction of sp³-hybridized carbons (Fsp3) is 0.467. The van der Waals surface area contributed by atoms with Crippen LogP contribution in [-0.4, -0.2) is 33.6 Å². The molecule has 0 spiro atoms. The summed E-state index contributed by atoms with van der Waals surface area (Å²) in [7, 11) is 1.60. The van der Waals surface area contributed by atoms with Gasteiger partial charge in [0.1, 0.15) is 12.0 Å². The first kappa shape index (κ1) is 12.6. The summed E-state index contributed by atoms with van der Waals surface area (Å²) in [6, 6.07) is 1.79. The van der Waals surface area contributed by atoms with Gasteiger partial charge in [-0.3, -0.25) is 0 Å². The average Bonchev–Trinajstić information content (AvgIpc) is 3.38. The van der Waals surface area contributed by atoms with Crippen LogP contribution in [0.15, 0.2) is 12.4 Å². The predicted octanol–water partition coefficient (Wildman–Crippen LogP) is 1.47. The Morgan fingerprint density at radius 1 is 1.24 bits per heavy atom. The van der Waals surface area contributed by atoms with Crippen molar-refractivity contribution in [2.45, 2.75) is 31.7 Å². The van der Waals surface area contributed by atoms with Crippen molar-refractivity contribution in [1.82, 2.24) is 25.3 Å². The first-order valence-electron chi connectivity index (χ1n) is 7.32. The molecule has 6 heteroatoms. The topological polar surface area (TPSA) is 72.8 Å². The molecule has 1 saturated carbocycles. The fourth-order valence-corrected chi connectivity index (χ4v) is 2.75. The van der Waals surface area contributed by atoms with Gasteiger partial charge in [-0.25, -0.2) is 19.9 Å². The standard InChI is InChI=1S/C15H17N5O/c1-21-13-6-12(17-8-18-13)15-19-11-4-5-16-7-10(11)14(20-15)9-2-3-9/h6,8-9,16H,2-5,7H2,1H3. The molecular formula is C15H17N5O. The molecule has 0 amide bonds. The maximum Gasteiger partial charge on any atom is 0.216 e. The summed E-state index contributed by atoms with van der Waals surface area (Å²) < 4.78 is 5.16. The largest absolute Gasteiger partial charge is 0.481 e. The SMILES string of the molecule is COc1cc(-c2nc3c(c(C4CC4)n2)CNCC3)ncn1. The number of nitrogens with zero attached hydrogens (tertiary/aromatic N) is 4. The molecule has 2 aromatic heterocycles. The van der Waals surface area contributed by atoms with Crippen LogP contribution in [0.2, 0.25) is 0 Å². The van der Waals surface area contributed by atoms with E-state index in [4.69, 9.17) is 14.7 Å². The molecular weight excluding hydrogens is 266 g/mol. The van der Waals surface area contributed by atoms with E-state index in [1.807, 2.05) is 0 Å². The zero-order valence-corrected chi connectivity index (χ0v) is 12.0. The summed E-state index contributed by atoms with van der Waals surface area (Å²) in [5.41, 5.74) is 4.40. The van der Waals surface area contributed by atoms with Crippen LogP contribution in [0, 0.1) is 0 Å². The van der Waals surface area contributed by atoms with E-state index < -0.39 is 0 Å². The summed E-state index contributed by atoms with van der Waals surface area (Å²) in [5.74, 6) is 1.83. The third-order valence-corrected chi connectivity index (χ3v) is 4.01. The lowest BCUT2D eigenvalue weighted by Gasteiger charge is -2.20. The highest BCUT2D eigenvalue weighted by Crippen LogP contribution is 2.42. The Hall–Kier alpha value is -2.08. The number of hydrogen-bond acceptors (Lipinski definition) is 6. The molecule has 0 atom stereocenters. The Bertz CT molecular complexity index is 684. The van der Waals surface area contributed by atoms with Crippen molar-refractivity contribution >= 4 is 0 Å². The van der Waals surface area contributed by atoms with Crippen LogP contribution < -0.4 is 10.1 Å². The van der Waals surface area contributed by atoms with Crippen molar-refractivity contribution < 1.29 is 4.74 Å². The Labute approximate surface area is 123 Å². The Balaban J connectivity index is 1.83. The molecule has 0 bridgehead atoms. The van der Waals surface area contributed by atoms with Gasteiger partial charge < -0.3 is 10.1 Å². The second kappa shape index (κ2) is 5.04. The van der Waals surface area contributed by atoms with E-state index in [0.29, 0.717) is 17.6 Å². The van der Waals surface area contributed by atoms with Crippen molar-refractivity contribution in [2.75, 3.05) is 13.7 Å². The maximum atomic E-state index is 5.16. The van der Waals surface area contributed by atoms with Crippen molar-refractivity contribution in [3.05, 3.63) is 29.3 Å². The van der Waals surface area contributed by atoms with Gasteiger partial charge in [-0.2, -0.15) is 0 Å². The zero-order chi connectivity index (χ0) is 14.2. The maximum absolute atomic E-state index is 5.16. The predicted molar refractivity (Wildman–Crippen MR) is 77.0 cm³/mol. The molecule has 0 saturated heterocycles. The minimum atomic E-state index is 0.538. The molecule has 0 aromatic carbocycles. The molecule has 108 valence electrons. The lowest BCUT2D eigenvalue weighted by Crippen LogP contribution is -2.26. The minimum absolute atomic E-state index is 0.538. The van der Waals surface area contributed by atoms with Gasteiger partial charge in [0.05, 0.1) is 18.5 Å². The average molecular weight is 283 g/mol. The fourth-order valence-electron chi connectivity index (χ4n) is 2.75. The molecule has 1 aliphatic heterocycles. The zero-order valence-electron chi connectivity index (χ0n) is 12.0. The van der Waals surface area contributed by atoms with Crippen molar-refractivity contribution in [3.63, 3.8) is 0 Å². The molecule has 6 nitrogen and oxygen atoms in total. The molecule has 21 heavy (non-hydrogen) atoms. The van der Waals surface area contributed by atoms with Crippen molar-refractivity contribution in [1.29, 1.82) is 0 Å². The van der Waals surface area contributed by atoms with Gasteiger partial charge >= 0.3 is 0 Å². The summed E-state index contributed by atoms with van der Waals surface area (Å²) in [4.78, 5) is 17.9. The number of methoxy groups -OCH3 is 1. The number of hydrogen-bond donors (Lipinski definition) is 1. The summed E-state index contributed by atoms with van der Waals surface area (Å²) in [6.45, 7) is 1.86. The highest BCUT2D eigenvalue weighted by atomic mass is 16.5. The van der Waals surface area contributed by atoms with E-state index in [-0.39, 0.29) is 0 Å². The Kier molecular flexibility index (Phi) is 3.03. The molecule has 2 aliphatic rings. The van der Waals surface area contributed by atoms with Gasteiger partial charge in [0.15, 0.2) is 5.82 Å². The van der Waals surface area contributed by atoms with Gasteiger partial charge in [0, 0.05) is 37.1 Å². The first-order valence-corrected chi connectivity index (χ1v) is 7.32. The highest BCUT2D eigenvalue weighted by Gasteiger charge is 2.31. The molecule has 0 radical (unpaired) electrons. The van der Waals surface area contributed by atoms with E-state index >= 15 is 0 Å².